The van der Waals surface area contributed by atoms with Crippen molar-refractivity contribution in [1.29, 1.82) is 0 Å². The Morgan fingerprint density at radius 2 is 0.471 bits per heavy atom. The third kappa shape index (κ3) is 10.6. The molecule has 20 rings (SSSR count). The van der Waals surface area contributed by atoms with Crippen LogP contribution in [-0.4, -0.2) is 13.7 Å². The van der Waals surface area contributed by atoms with Crippen LogP contribution in [0.25, 0.3) is 127 Å². The molecule has 0 bridgehead atoms. The number of nitrogens with zero attached hydrogens (tertiary/aromatic N) is 5. The molecule has 3 aromatic heterocycles. The average Bonchev–Trinajstić information content (AvgIpc) is 1.55. The van der Waals surface area contributed by atoms with Crippen LogP contribution >= 0.6 is 0 Å². The van der Waals surface area contributed by atoms with Gasteiger partial charge >= 0.3 is 0 Å². The van der Waals surface area contributed by atoms with Gasteiger partial charge in [-0.1, -0.05) is 257 Å². The topological polar surface area (TPSA) is 21.3 Å². The van der Waals surface area contributed by atoms with E-state index in [2.05, 4.69) is 432 Å². The molecule has 1 aliphatic carbocycles. The van der Waals surface area contributed by atoms with Gasteiger partial charge in [-0.2, -0.15) is 0 Å². The maximum Gasteiger partial charge on any atom is 0.0541 e. The van der Waals surface area contributed by atoms with E-state index in [1.54, 1.807) is 0 Å². The highest BCUT2D eigenvalue weighted by atomic mass is 15.2. The summed E-state index contributed by atoms with van der Waals surface area (Å²) >= 11 is 0. The third-order valence-electron chi connectivity index (χ3n) is 21.3. The van der Waals surface area contributed by atoms with Crippen LogP contribution in [0.15, 0.2) is 394 Å². The molecule has 1 aliphatic rings. The first-order chi connectivity index (χ1) is 51.4. The van der Waals surface area contributed by atoms with Crippen LogP contribution in [0.1, 0.15) is 25.0 Å². The normalized spacial score (nSPS) is 12.2. The fourth-order valence-corrected chi connectivity index (χ4v) is 16.3. The summed E-state index contributed by atoms with van der Waals surface area (Å²) < 4.78 is 7.11. The molecule has 104 heavy (non-hydrogen) atoms. The van der Waals surface area contributed by atoms with Crippen molar-refractivity contribution in [1.82, 2.24) is 13.7 Å². The van der Waals surface area contributed by atoms with Crippen molar-refractivity contribution in [2.75, 3.05) is 9.80 Å². The number of anilines is 6. The van der Waals surface area contributed by atoms with Crippen molar-refractivity contribution in [3.63, 3.8) is 0 Å². The van der Waals surface area contributed by atoms with E-state index in [-0.39, 0.29) is 5.41 Å². The Bertz CT molecular complexity index is 6120. The van der Waals surface area contributed by atoms with Crippen LogP contribution in [0.3, 0.4) is 0 Å². The van der Waals surface area contributed by atoms with Crippen LogP contribution in [-0.2, 0) is 5.41 Å². The minimum Gasteiger partial charge on any atom is -0.311 e. The Balaban J connectivity index is 0.000000143. The van der Waals surface area contributed by atoms with Gasteiger partial charge in [0.1, 0.15) is 0 Å². The van der Waals surface area contributed by atoms with Gasteiger partial charge in [0.15, 0.2) is 0 Å². The Morgan fingerprint density at radius 1 is 0.192 bits per heavy atom. The smallest absolute Gasteiger partial charge is 0.0541 e. The van der Waals surface area contributed by atoms with Gasteiger partial charge in [-0.3, -0.25) is 0 Å². The zero-order chi connectivity index (χ0) is 69.2. The number of rotatable bonds is 12. The molecule has 492 valence electrons. The van der Waals surface area contributed by atoms with Crippen LogP contribution in [0.2, 0.25) is 0 Å². The highest BCUT2D eigenvalue weighted by Gasteiger charge is 2.36. The number of hydrogen-bond acceptors (Lipinski definition) is 2. The van der Waals surface area contributed by atoms with E-state index in [4.69, 9.17) is 0 Å². The lowest BCUT2D eigenvalue weighted by atomic mass is 9.82. The fraction of sp³-hybridized carbons (Fsp3) is 0.0303. The second-order valence-electron chi connectivity index (χ2n) is 27.6. The van der Waals surface area contributed by atoms with Gasteiger partial charge in [0, 0.05) is 88.9 Å². The lowest BCUT2D eigenvalue weighted by molar-refractivity contribution is 0.660. The molecule has 0 atom stereocenters. The van der Waals surface area contributed by atoms with Crippen molar-refractivity contribution >= 4 is 99.5 Å². The summed E-state index contributed by atoms with van der Waals surface area (Å²) in [6, 6.07) is 143. The van der Waals surface area contributed by atoms with E-state index < -0.39 is 0 Å². The van der Waals surface area contributed by atoms with Gasteiger partial charge in [-0.15, -0.1) is 0 Å². The van der Waals surface area contributed by atoms with Crippen LogP contribution in [0, 0.1) is 0 Å². The first-order valence-corrected chi connectivity index (χ1v) is 35.9. The molecule has 0 unspecified atom stereocenters. The van der Waals surface area contributed by atoms with Crippen LogP contribution in [0.4, 0.5) is 34.1 Å². The largest absolute Gasteiger partial charge is 0.311 e. The van der Waals surface area contributed by atoms with Gasteiger partial charge in [0.05, 0.1) is 33.1 Å². The molecule has 0 saturated carbocycles. The van der Waals surface area contributed by atoms with Crippen molar-refractivity contribution in [3.05, 3.63) is 405 Å². The zero-order valence-corrected chi connectivity index (χ0v) is 57.8. The van der Waals surface area contributed by atoms with E-state index in [0.29, 0.717) is 0 Å². The zero-order valence-electron chi connectivity index (χ0n) is 57.8. The highest BCUT2D eigenvalue weighted by molar-refractivity contribution is 6.12. The lowest BCUT2D eigenvalue weighted by Gasteiger charge is -2.28. The molecule has 0 spiro atoms. The summed E-state index contributed by atoms with van der Waals surface area (Å²) in [5.74, 6) is 0. The molecule has 0 N–H and O–H groups in total. The molecule has 0 radical (unpaired) electrons. The van der Waals surface area contributed by atoms with Crippen molar-refractivity contribution in [3.8, 4) is 61.6 Å². The Labute approximate surface area is 605 Å². The van der Waals surface area contributed by atoms with Gasteiger partial charge in [0.2, 0.25) is 0 Å². The summed E-state index contributed by atoms with van der Waals surface area (Å²) in [4.78, 5) is 4.74. The molecule has 5 heteroatoms. The minimum atomic E-state index is -0.0864. The average molecular weight is 1330 g/mol. The number of benzene rings is 16. The monoisotopic (exact) mass is 1330 g/mol. The van der Waals surface area contributed by atoms with Gasteiger partial charge in [0.25, 0.3) is 0 Å². The number of hydrogen-bond donors (Lipinski definition) is 0. The molecule has 0 amide bonds. The number of fused-ring (bicyclic) bond motifs is 12. The van der Waals surface area contributed by atoms with Crippen molar-refractivity contribution < 1.29 is 0 Å². The van der Waals surface area contributed by atoms with Crippen LogP contribution < -0.4 is 9.80 Å². The maximum atomic E-state index is 2.41. The molecule has 0 saturated heterocycles. The second-order valence-corrected chi connectivity index (χ2v) is 27.6. The SMILES string of the molecule is CC1(C)c2ccccc2-c2ccc(N(c3ccc(-c4ccccc4)cc3)c3ccc(-c4ccc5c(c4)c4ccccc4n5-c4ccccc4)cc3)cc21.c1ccc(-c2ccc(N(c3ccc(-n4c5ccccc5c5ccccc54)cc3)c3ccc(-n4c5ccccc5c5ccccc54)cc3)cc2)cc1. The van der Waals surface area contributed by atoms with Crippen LogP contribution in [0.5, 0.6) is 0 Å². The van der Waals surface area contributed by atoms with E-state index in [9.17, 15) is 0 Å². The quantitative estimate of drug-likeness (QED) is 0.122. The van der Waals surface area contributed by atoms with Gasteiger partial charge < -0.3 is 23.5 Å². The molecular weight excluding hydrogens is 1260 g/mol. The number of para-hydroxylation sites is 6. The van der Waals surface area contributed by atoms with Gasteiger partial charge in [-0.05, 0) is 207 Å². The Hall–Kier alpha value is -13.5. The van der Waals surface area contributed by atoms with Crippen molar-refractivity contribution in [2.24, 2.45) is 0 Å². The van der Waals surface area contributed by atoms with E-state index in [0.717, 1.165) is 45.5 Å². The van der Waals surface area contributed by atoms with E-state index in [1.165, 1.54) is 127 Å². The Morgan fingerprint density at radius 3 is 0.894 bits per heavy atom. The fourth-order valence-electron chi connectivity index (χ4n) is 16.3. The molecule has 19 aromatic rings. The predicted molar refractivity (Wildman–Crippen MR) is 439 cm³/mol. The molecule has 0 fully saturated rings. The Kier molecular flexibility index (Phi) is 15.2. The van der Waals surface area contributed by atoms with Gasteiger partial charge in [-0.25, -0.2) is 0 Å². The standard InChI is InChI=1S/C51H38N2.C48H33N3/c1-51(2)47-19-11-9-17-43(47)44-31-30-42(34-48(44)51)52(40-26-21-36(22-27-40)35-13-5-3-6-14-35)41-28-23-37(24-29-41)38-25-32-50-46(33-38)45-18-10-12-20-49(45)53(50)39-15-7-4-8-16-39;1-2-12-34(13-3-1)35-22-24-36(25-23-35)49(37-26-30-39(31-27-37)50-45-18-8-4-14-41(45)42-15-5-9-19-46(42)50)38-28-32-40(33-29-38)51-47-20-10-6-16-43(47)44-17-7-11-21-48(44)51/h3-34H,1-2H3;1-33H. The highest BCUT2D eigenvalue weighted by Crippen LogP contribution is 2.51. The summed E-state index contributed by atoms with van der Waals surface area (Å²) in [5.41, 5.74) is 30.0. The summed E-state index contributed by atoms with van der Waals surface area (Å²) in [6.07, 6.45) is 0. The maximum absolute atomic E-state index is 2.41. The summed E-state index contributed by atoms with van der Waals surface area (Å²) in [5, 5.41) is 7.58. The third-order valence-corrected chi connectivity index (χ3v) is 21.3. The predicted octanol–water partition coefficient (Wildman–Crippen LogP) is 26.9. The molecule has 16 aromatic carbocycles. The van der Waals surface area contributed by atoms with E-state index in [1.807, 2.05) is 0 Å². The number of aromatic nitrogens is 3. The molecule has 5 nitrogen and oxygen atoms in total. The lowest BCUT2D eigenvalue weighted by Crippen LogP contribution is -2.16. The van der Waals surface area contributed by atoms with Crippen molar-refractivity contribution in [2.45, 2.75) is 19.3 Å². The summed E-state index contributed by atoms with van der Waals surface area (Å²) in [6.45, 7) is 4.70. The summed E-state index contributed by atoms with van der Waals surface area (Å²) in [7, 11) is 0. The molecule has 0 aliphatic heterocycles. The molecule has 3 heterocycles. The van der Waals surface area contributed by atoms with E-state index >= 15 is 0 Å². The second kappa shape index (κ2) is 25.6. The minimum absolute atomic E-state index is 0.0864. The molecular formula is C99H71N5. The first-order valence-electron chi connectivity index (χ1n) is 35.9. The first kappa shape index (κ1) is 61.6.